The van der Waals surface area contributed by atoms with Gasteiger partial charge in [-0.3, -0.25) is 9.63 Å². The van der Waals surface area contributed by atoms with Crippen molar-refractivity contribution in [1.82, 2.24) is 5.06 Å². The zero-order valence-electron chi connectivity index (χ0n) is 20.3. The van der Waals surface area contributed by atoms with E-state index >= 15 is 0 Å². The molecule has 0 radical (unpaired) electrons. The molecule has 1 saturated carbocycles. The Labute approximate surface area is 187 Å². The molecule has 0 aromatic heterocycles. The van der Waals surface area contributed by atoms with Gasteiger partial charge in [0.1, 0.15) is 13.6 Å². The fourth-order valence-corrected chi connectivity index (χ4v) is 4.80. The molecule has 0 aromatic carbocycles. The second-order valence-corrected chi connectivity index (χ2v) is 9.15. The van der Waals surface area contributed by atoms with E-state index in [9.17, 15) is 10.1 Å². The summed E-state index contributed by atoms with van der Waals surface area (Å²) in [6.45, 7) is 8.70. The number of carbonyl (C=O) groups excluding carboxylic acids is 1. The monoisotopic (exact) mass is 440 g/mol. The fraction of sp³-hybridized carbons (Fsp3) is 0.826. The van der Waals surface area contributed by atoms with Crippen LogP contribution in [0.15, 0.2) is 12.2 Å². The maximum Gasteiger partial charge on any atom is 0.269 e. The largest absolute Gasteiger partial charge is 0.359 e. The van der Waals surface area contributed by atoms with Crippen molar-refractivity contribution in [2.45, 2.75) is 59.2 Å². The minimum atomic E-state index is -0.367. The number of allylic oxidation sites excluding steroid dienone is 1. The van der Waals surface area contributed by atoms with Crippen LogP contribution in [0.2, 0.25) is 0 Å². The predicted octanol–water partition coefficient (Wildman–Crippen LogP) is 3.53. The topological polar surface area (TPSA) is 90.2 Å². The van der Waals surface area contributed by atoms with Crippen molar-refractivity contribution in [2.24, 2.45) is 22.7 Å². The van der Waals surface area contributed by atoms with E-state index in [1.54, 1.807) is 27.3 Å². The summed E-state index contributed by atoms with van der Waals surface area (Å²) in [5.41, 5.74) is -0.687. The Morgan fingerprint density at radius 1 is 1.19 bits per heavy atom. The Bertz CT molecular complexity index is 632. The average molecular weight is 441 g/mol. The summed E-state index contributed by atoms with van der Waals surface area (Å²) in [7, 11) is 6.21. The van der Waals surface area contributed by atoms with E-state index < -0.39 is 0 Å². The first kappa shape index (κ1) is 27.5. The van der Waals surface area contributed by atoms with Crippen LogP contribution >= 0.6 is 0 Å². The molecule has 178 valence electrons. The lowest BCUT2D eigenvalue weighted by Gasteiger charge is -2.56. The SMILES string of the molecule is COCO[C@H]1C[C@@](C)(/C=C\C(=O)N(C)OC)[C@H](CCC(C)C#N)C(C)(C)[C@@H]1OCOC. The van der Waals surface area contributed by atoms with Crippen molar-refractivity contribution in [3.05, 3.63) is 12.2 Å². The Morgan fingerprint density at radius 3 is 2.35 bits per heavy atom. The van der Waals surface area contributed by atoms with Crippen LogP contribution in [0.5, 0.6) is 0 Å². The quantitative estimate of drug-likeness (QED) is 0.260. The molecule has 0 saturated heterocycles. The van der Waals surface area contributed by atoms with E-state index in [1.807, 2.05) is 13.0 Å². The van der Waals surface area contributed by atoms with Gasteiger partial charge in [0.05, 0.1) is 25.4 Å². The van der Waals surface area contributed by atoms with Crippen LogP contribution in [0.1, 0.15) is 47.0 Å². The fourth-order valence-electron chi connectivity index (χ4n) is 4.80. The zero-order valence-corrected chi connectivity index (χ0v) is 20.3. The molecular formula is C23H40N2O6. The van der Waals surface area contributed by atoms with Gasteiger partial charge >= 0.3 is 0 Å². The Hall–Kier alpha value is -1.50. The highest BCUT2D eigenvalue weighted by Gasteiger charge is 2.55. The number of rotatable bonds is 12. The highest BCUT2D eigenvalue weighted by Crippen LogP contribution is 2.55. The smallest absolute Gasteiger partial charge is 0.269 e. The van der Waals surface area contributed by atoms with Gasteiger partial charge in [-0.25, -0.2) is 5.06 Å². The summed E-state index contributed by atoms with van der Waals surface area (Å²) < 4.78 is 22.5. The first-order valence-corrected chi connectivity index (χ1v) is 10.7. The van der Waals surface area contributed by atoms with Crippen molar-refractivity contribution < 1.29 is 28.6 Å². The summed E-state index contributed by atoms with van der Waals surface area (Å²) in [5, 5.41) is 10.5. The van der Waals surface area contributed by atoms with Gasteiger partial charge in [0.15, 0.2) is 0 Å². The molecule has 8 heteroatoms. The van der Waals surface area contributed by atoms with Crippen LogP contribution in [-0.2, 0) is 28.6 Å². The van der Waals surface area contributed by atoms with Crippen LogP contribution in [0.3, 0.4) is 0 Å². The van der Waals surface area contributed by atoms with Gasteiger partial charge in [0.25, 0.3) is 5.91 Å². The molecular weight excluding hydrogens is 400 g/mol. The molecule has 1 aliphatic rings. The van der Waals surface area contributed by atoms with Crippen LogP contribution in [-0.4, -0.2) is 65.1 Å². The number of ether oxygens (including phenoxy) is 4. The Kier molecular flexibility index (Phi) is 11.1. The van der Waals surface area contributed by atoms with Crippen LogP contribution in [0, 0.1) is 34.0 Å². The van der Waals surface area contributed by atoms with Gasteiger partial charge in [0.2, 0.25) is 0 Å². The molecule has 1 fully saturated rings. The van der Waals surface area contributed by atoms with Gasteiger partial charge in [-0.1, -0.05) is 26.8 Å². The number of carbonyl (C=O) groups is 1. The number of hydrogen-bond acceptors (Lipinski definition) is 7. The van der Waals surface area contributed by atoms with Crippen molar-refractivity contribution in [2.75, 3.05) is 42.0 Å². The Balaban J connectivity index is 3.34. The number of hydroxylamine groups is 2. The highest BCUT2D eigenvalue weighted by atomic mass is 16.7. The molecule has 1 amide bonds. The first-order chi connectivity index (χ1) is 14.6. The third-order valence-electron chi connectivity index (χ3n) is 6.47. The van der Waals surface area contributed by atoms with Crippen molar-refractivity contribution in [3.8, 4) is 6.07 Å². The lowest BCUT2D eigenvalue weighted by atomic mass is 9.53. The number of amides is 1. The number of likely N-dealkylation sites (N-methyl/N-ethyl adjacent to an activating group) is 1. The molecule has 31 heavy (non-hydrogen) atoms. The van der Waals surface area contributed by atoms with Crippen LogP contribution in [0.25, 0.3) is 0 Å². The maximum absolute atomic E-state index is 12.4. The summed E-state index contributed by atoms with van der Waals surface area (Å²) in [6.07, 6.45) is 5.26. The molecule has 0 aliphatic heterocycles. The molecule has 8 nitrogen and oxygen atoms in total. The third kappa shape index (κ3) is 7.26. The van der Waals surface area contributed by atoms with Crippen molar-refractivity contribution >= 4 is 5.91 Å². The summed E-state index contributed by atoms with van der Waals surface area (Å²) in [6, 6.07) is 2.33. The van der Waals surface area contributed by atoms with Crippen LogP contribution < -0.4 is 0 Å². The summed E-state index contributed by atoms with van der Waals surface area (Å²) in [5.74, 6) is -0.152. The molecule has 1 rings (SSSR count). The molecule has 5 atom stereocenters. The maximum atomic E-state index is 12.4. The first-order valence-electron chi connectivity index (χ1n) is 10.7. The standard InChI is InChI=1S/C23H40N2O6/c1-17(14-24)9-10-19-22(2,3)21(31-16-28-7)18(30-15-27-6)13-23(19,4)12-11-20(26)25(5)29-8/h11-12,17-19,21H,9-10,13,15-16H2,1-8H3/b12-11-/t17?,18-,19+,21+,23+/m0/s1. The van der Waals surface area contributed by atoms with Gasteiger partial charge in [0, 0.05) is 33.3 Å². The number of hydrogen-bond donors (Lipinski definition) is 0. The minimum Gasteiger partial charge on any atom is -0.359 e. The highest BCUT2D eigenvalue weighted by molar-refractivity contribution is 5.86. The van der Waals surface area contributed by atoms with E-state index in [1.165, 1.54) is 12.2 Å². The number of nitrogens with zero attached hydrogens (tertiary/aromatic N) is 2. The summed E-state index contributed by atoms with van der Waals surface area (Å²) >= 11 is 0. The number of nitriles is 1. The van der Waals surface area contributed by atoms with Crippen molar-refractivity contribution in [3.63, 3.8) is 0 Å². The molecule has 0 N–H and O–H groups in total. The normalized spacial score (nSPS) is 28.9. The van der Waals surface area contributed by atoms with E-state index in [-0.39, 0.29) is 54.4 Å². The predicted molar refractivity (Wildman–Crippen MR) is 116 cm³/mol. The second kappa shape index (κ2) is 12.5. The third-order valence-corrected chi connectivity index (χ3v) is 6.47. The van der Waals surface area contributed by atoms with Gasteiger partial charge in [-0.15, -0.1) is 0 Å². The second-order valence-electron chi connectivity index (χ2n) is 9.15. The molecule has 0 bridgehead atoms. The number of methoxy groups -OCH3 is 2. The molecule has 0 heterocycles. The van der Waals surface area contributed by atoms with E-state index in [0.717, 1.165) is 12.8 Å². The Morgan fingerprint density at radius 2 is 1.81 bits per heavy atom. The summed E-state index contributed by atoms with van der Waals surface area (Å²) in [4.78, 5) is 17.4. The van der Waals surface area contributed by atoms with E-state index in [2.05, 4.69) is 26.8 Å². The van der Waals surface area contributed by atoms with Gasteiger partial charge in [-0.2, -0.15) is 5.26 Å². The van der Waals surface area contributed by atoms with Gasteiger partial charge < -0.3 is 18.9 Å². The van der Waals surface area contributed by atoms with Crippen molar-refractivity contribution in [1.29, 1.82) is 5.26 Å². The lowest BCUT2D eigenvalue weighted by Crippen LogP contribution is -2.58. The van der Waals surface area contributed by atoms with E-state index in [4.69, 9.17) is 23.8 Å². The minimum absolute atomic E-state index is 0.0499. The molecule has 1 aliphatic carbocycles. The lowest BCUT2D eigenvalue weighted by molar-refractivity contribution is -0.233. The van der Waals surface area contributed by atoms with E-state index in [0.29, 0.717) is 6.42 Å². The van der Waals surface area contributed by atoms with Gasteiger partial charge in [-0.05, 0) is 42.9 Å². The molecule has 0 spiro atoms. The molecule has 0 aromatic rings. The molecule has 1 unspecified atom stereocenters. The zero-order chi connectivity index (χ0) is 23.7. The van der Waals surface area contributed by atoms with Crippen LogP contribution in [0.4, 0.5) is 0 Å². The average Bonchev–Trinajstić information content (AvgIpc) is 2.74.